The fourth-order valence-electron chi connectivity index (χ4n) is 4.40. The molecule has 8 nitrogen and oxygen atoms in total. The Balaban J connectivity index is 1.41. The number of pyridine rings is 1. The molecular weight excluding hydrogens is 430 g/mol. The summed E-state index contributed by atoms with van der Waals surface area (Å²) in [7, 11) is -4.04. The molecule has 0 spiro atoms. The number of nitrogens with one attached hydrogen (secondary N) is 1. The molecule has 32 heavy (non-hydrogen) atoms. The maximum atomic E-state index is 11.0. The third kappa shape index (κ3) is 4.20. The SMILES string of the molecule is NS(=O)(=O)OC[C@@H]1C[C@@H](Oc2ccnc3[nH]c(-c4cccc5ccccc45)cc23)C[C@@H]1O. The predicted octanol–water partition coefficient (Wildman–Crippen LogP) is 3.12. The van der Waals surface area contributed by atoms with Crippen molar-refractivity contribution < 1.29 is 22.4 Å². The first-order valence-corrected chi connectivity index (χ1v) is 11.8. The number of fused-ring (bicyclic) bond motifs is 2. The van der Waals surface area contributed by atoms with E-state index in [1.54, 1.807) is 12.3 Å². The number of hydrogen-bond acceptors (Lipinski definition) is 6. The maximum Gasteiger partial charge on any atom is 0.333 e. The monoisotopic (exact) mass is 453 g/mol. The van der Waals surface area contributed by atoms with E-state index in [-0.39, 0.29) is 18.6 Å². The molecule has 9 heteroatoms. The van der Waals surface area contributed by atoms with Gasteiger partial charge in [-0.05, 0) is 29.3 Å². The molecule has 0 radical (unpaired) electrons. The van der Waals surface area contributed by atoms with Gasteiger partial charge in [0.1, 0.15) is 17.5 Å². The van der Waals surface area contributed by atoms with E-state index < -0.39 is 16.4 Å². The summed E-state index contributed by atoms with van der Waals surface area (Å²) in [6.45, 7) is -0.166. The molecule has 0 bridgehead atoms. The number of rotatable bonds is 6. The summed E-state index contributed by atoms with van der Waals surface area (Å²) in [6, 6.07) is 18.2. The second-order valence-corrected chi connectivity index (χ2v) is 9.32. The number of ether oxygens (including phenoxy) is 1. The molecule has 0 amide bonds. The number of aliphatic hydroxyl groups excluding tert-OH is 1. The number of aromatic amines is 1. The summed E-state index contributed by atoms with van der Waals surface area (Å²) in [4.78, 5) is 7.83. The van der Waals surface area contributed by atoms with Gasteiger partial charge in [-0.3, -0.25) is 4.18 Å². The van der Waals surface area contributed by atoms with E-state index in [0.29, 0.717) is 24.2 Å². The highest BCUT2D eigenvalue weighted by molar-refractivity contribution is 7.84. The molecule has 0 saturated heterocycles. The molecule has 5 rings (SSSR count). The third-order valence-corrected chi connectivity index (χ3v) is 6.39. The third-order valence-electron chi connectivity index (χ3n) is 5.93. The van der Waals surface area contributed by atoms with E-state index in [1.165, 1.54) is 0 Å². The van der Waals surface area contributed by atoms with Gasteiger partial charge in [-0.2, -0.15) is 8.42 Å². The molecule has 4 N–H and O–H groups in total. The van der Waals surface area contributed by atoms with Crippen LogP contribution in [0.4, 0.5) is 0 Å². The summed E-state index contributed by atoms with van der Waals surface area (Å²) in [5, 5.41) is 18.3. The van der Waals surface area contributed by atoms with Crippen LogP contribution in [0.25, 0.3) is 33.1 Å². The maximum absolute atomic E-state index is 11.0. The first-order chi connectivity index (χ1) is 15.4. The highest BCUT2D eigenvalue weighted by atomic mass is 32.2. The molecule has 1 fully saturated rings. The molecule has 2 aromatic carbocycles. The Morgan fingerprint density at radius 2 is 1.91 bits per heavy atom. The number of aromatic nitrogens is 2. The summed E-state index contributed by atoms with van der Waals surface area (Å²) in [6.07, 6.45) is 1.51. The Bertz CT molecular complexity index is 1380. The largest absolute Gasteiger partial charge is 0.489 e. The highest BCUT2D eigenvalue weighted by Gasteiger charge is 2.35. The van der Waals surface area contributed by atoms with Gasteiger partial charge in [-0.15, -0.1) is 0 Å². The Hall–Kier alpha value is -2.98. The standard InChI is InChI=1S/C23H23N3O5S/c24-32(28,29)30-13-15-10-16(11-21(15)27)31-22-8-9-25-23-19(22)12-20(26-23)18-7-3-5-14-4-1-2-6-17(14)18/h1-9,12,15-16,21,27H,10-11,13H2,(H,25,26)(H2,24,28,29)/t15-,16+,21-/m0/s1. The van der Waals surface area contributed by atoms with Gasteiger partial charge in [0, 0.05) is 29.8 Å². The van der Waals surface area contributed by atoms with Crippen molar-refractivity contribution in [3.05, 3.63) is 60.8 Å². The van der Waals surface area contributed by atoms with Gasteiger partial charge in [-0.25, -0.2) is 10.1 Å². The van der Waals surface area contributed by atoms with E-state index in [4.69, 9.17) is 9.88 Å². The van der Waals surface area contributed by atoms with Crippen molar-refractivity contribution in [2.24, 2.45) is 11.1 Å². The molecular formula is C23H23N3O5S. The first-order valence-electron chi connectivity index (χ1n) is 10.3. The zero-order valence-corrected chi connectivity index (χ0v) is 18.0. The second-order valence-electron chi connectivity index (χ2n) is 8.10. The number of benzene rings is 2. The van der Waals surface area contributed by atoms with Crippen LogP contribution in [0.15, 0.2) is 60.8 Å². The molecule has 166 valence electrons. The number of nitrogens with two attached hydrogens (primary N) is 1. The minimum absolute atomic E-state index is 0.166. The lowest BCUT2D eigenvalue weighted by Gasteiger charge is -2.14. The molecule has 0 unspecified atom stereocenters. The lowest BCUT2D eigenvalue weighted by molar-refractivity contribution is 0.0988. The lowest BCUT2D eigenvalue weighted by Crippen LogP contribution is -2.24. The Labute approximate surface area is 185 Å². The van der Waals surface area contributed by atoms with Gasteiger partial charge in [0.2, 0.25) is 0 Å². The Morgan fingerprint density at radius 3 is 2.75 bits per heavy atom. The highest BCUT2D eigenvalue weighted by Crippen LogP contribution is 2.36. The van der Waals surface area contributed by atoms with Crippen LogP contribution in [0, 0.1) is 5.92 Å². The van der Waals surface area contributed by atoms with Crippen LogP contribution in [0.1, 0.15) is 12.8 Å². The fraction of sp³-hybridized carbons (Fsp3) is 0.261. The fourth-order valence-corrected chi connectivity index (χ4v) is 4.77. The second kappa shape index (κ2) is 8.18. The van der Waals surface area contributed by atoms with E-state index in [1.807, 2.05) is 24.3 Å². The van der Waals surface area contributed by atoms with Gasteiger partial charge >= 0.3 is 10.3 Å². The number of nitrogens with zero attached hydrogens (tertiary/aromatic N) is 1. The zero-order valence-electron chi connectivity index (χ0n) is 17.1. The van der Waals surface area contributed by atoms with E-state index >= 15 is 0 Å². The molecule has 0 aliphatic heterocycles. The summed E-state index contributed by atoms with van der Waals surface area (Å²) in [5.41, 5.74) is 2.72. The Kier molecular flexibility index (Phi) is 5.34. The van der Waals surface area contributed by atoms with Crippen molar-refractivity contribution in [3.63, 3.8) is 0 Å². The number of H-pyrrole nitrogens is 1. The molecule has 3 atom stereocenters. The topological polar surface area (TPSA) is 128 Å². The minimum atomic E-state index is -4.04. The van der Waals surface area contributed by atoms with Crippen molar-refractivity contribution in [1.82, 2.24) is 9.97 Å². The molecule has 1 aliphatic rings. The van der Waals surface area contributed by atoms with Crippen molar-refractivity contribution in [2.75, 3.05) is 6.61 Å². The minimum Gasteiger partial charge on any atom is -0.489 e. The number of aliphatic hydroxyl groups is 1. The summed E-state index contributed by atoms with van der Waals surface area (Å²) in [5.74, 6) is 0.288. The van der Waals surface area contributed by atoms with E-state index in [2.05, 4.69) is 38.4 Å². The van der Waals surface area contributed by atoms with Gasteiger partial charge in [0.05, 0.1) is 18.1 Å². The van der Waals surface area contributed by atoms with Crippen LogP contribution in [-0.2, 0) is 14.5 Å². The van der Waals surface area contributed by atoms with Crippen molar-refractivity contribution >= 4 is 32.1 Å². The zero-order chi connectivity index (χ0) is 22.3. The summed E-state index contributed by atoms with van der Waals surface area (Å²) < 4.78 is 33.0. The molecule has 1 saturated carbocycles. The average molecular weight is 454 g/mol. The average Bonchev–Trinajstić information content (AvgIpc) is 3.35. The van der Waals surface area contributed by atoms with Crippen LogP contribution >= 0.6 is 0 Å². The van der Waals surface area contributed by atoms with Crippen LogP contribution in [0.5, 0.6) is 5.75 Å². The molecule has 2 aromatic heterocycles. The van der Waals surface area contributed by atoms with E-state index in [9.17, 15) is 13.5 Å². The van der Waals surface area contributed by atoms with Gasteiger partial charge < -0.3 is 14.8 Å². The van der Waals surface area contributed by atoms with Crippen molar-refractivity contribution in [2.45, 2.75) is 25.0 Å². The quantitative estimate of drug-likeness (QED) is 0.412. The van der Waals surface area contributed by atoms with Gasteiger partial charge in [0.15, 0.2) is 0 Å². The van der Waals surface area contributed by atoms with Crippen molar-refractivity contribution in [1.29, 1.82) is 0 Å². The first kappa shape index (κ1) is 20.9. The van der Waals surface area contributed by atoms with Crippen LogP contribution in [0.2, 0.25) is 0 Å². The van der Waals surface area contributed by atoms with Crippen LogP contribution in [0.3, 0.4) is 0 Å². The smallest absolute Gasteiger partial charge is 0.333 e. The molecule has 1 aliphatic carbocycles. The van der Waals surface area contributed by atoms with Crippen LogP contribution < -0.4 is 9.88 Å². The van der Waals surface area contributed by atoms with Gasteiger partial charge in [0.25, 0.3) is 0 Å². The molecule has 4 aromatic rings. The van der Waals surface area contributed by atoms with E-state index in [0.717, 1.165) is 27.4 Å². The van der Waals surface area contributed by atoms with Crippen LogP contribution in [-0.4, -0.2) is 42.3 Å². The Morgan fingerprint density at radius 1 is 1.09 bits per heavy atom. The number of hydrogen-bond donors (Lipinski definition) is 3. The molecule has 2 heterocycles. The normalized spacial score (nSPS) is 21.4. The predicted molar refractivity (Wildman–Crippen MR) is 121 cm³/mol. The lowest BCUT2D eigenvalue weighted by atomic mass is 10.0. The summed E-state index contributed by atoms with van der Waals surface area (Å²) >= 11 is 0. The van der Waals surface area contributed by atoms with Crippen molar-refractivity contribution in [3.8, 4) is 17.0 Å². The van der Waals surface area contributed by atoms with Gasteiger partial charge in [-0.1, -0.05) is 42.5 Å².